The lowest BCUT2D eigenvalue weighted by molar-refractivity contribution is -0.0206. The van der Waals surface area contributed by atoms with E-state index in [9.17, 15) is 9.18 Å². The Hall–Kier alpha value is -5.86. The van der Waals surface area contributed by atoms with Gasteiger partial charge in [-0.2, -0.15) is 14.9 Å². The van der Waals surface area contributed by atoms with Gasteiger partial charge in [-0.15, -0.1) is 0 Å². The van der Waals surface area contributed by atoms with Crippen molar-refractivity contribution >= 4 is 11.4 Å². The quantitative estimate of drug-likeness (QED) is 0.111. The standard InChI is InChI=1S/C44H48F2N8O4/c1-3-42(32(2)56-25-33-7-5-4-6-8-33)53-31-49-54(43(53)55)38-12-10-36(11-13-38)50-19-21-51(22-20-50)37-14-16-39(17-15-37)57-26-34-24-44(58-27-34,28-52-30-47-29-48-52)40-18-9-35(45)23-41(40)46/h4-18,23,29-32,34,42H,3,19-22,24-28H2,1-2H3/t32-,34+,42-,44-/m0/s1. The van der Waals surface area contributed by atoms with Crippen molar-refractivity contribution in [2.75, 3.05) is 49.2 Å². The number of hydrogen-bond acceptors (Lipinski definition) is 9. The Balaban J connectivity index is 0.828. The monoisotopic (exact) mass is 790 g/mol. The molecule has 4 heterocycles. The van der Waals surface area contributed by atoms with Crippen molar-refractivity contribution in [1.29, 1.82) is 0 Å². The van der Waals surface area contributed by atoms with Gasteiger partial charge in [-0.25, -0.2) is 23.2 Å². The molecule has 302 valence electrons. The van der Waals surface area contributed by atoms with Gasteiger partial charge in [0.1, 0.15) is 42.0 Å². The summed E-state index contributed by atoms with van der Waals surface area (Å²) >= 11 is 0. The summed E-state index contributed by atoms with van der Waals surface area (Å²) in [6.07, 6.45) is 5.64. The van der Waals surface area contributed by atoms with Gasteiger partial charge in [-0.1, -0.05) is 43.3 Å². The molecule has 2 aliphatic rings. The van der Waals surface area contributed by atoms with Crippen LogP contribution in [0.2, 0.25) is 0 Å². The van der Waals surface area contributed by atoms with E-state index in [1.165, 1.54) is 23.1 Å². The van der Waals surface area contributed by atoms with E-state index in [1.54, 1.807) is 21.9 Å². The lowest BCUT2D eigenvalue weighted by Gasteiger charge is -2.37. The molecule has 8 rings (SSSR count). The number of piperazine rings is 1. The molecule has 0 saturated carbocycles. The maximum atomic E-state index is 15.0. The van der Waals surface area contributed by atoms with Gasteiger partial charge >= 0.3 is 5.69 Å². The van der Waals surface area contributed by atoms with Crippen LogP contribution < -0.4 is 20.2 Å². The van der Waals surface area contributed by atoms with Crippen LogP contribution in [0.4, 0.5) is 20.2 Å². The summed E-state index contributed by atoms with van der Waals surface area (Å²) in [4.78, 5) is 22.2. The lowest BCUT2D eigenvalue weighted by Crippen LogP contribution is -2.46. The van der Waals surface area contributed by atoms with Crippen LogP contribution in [0.3, 0.4) is 0 Å². The normalized spacial score (nSPS) is 19.3. The summed E-state index contributed by atoms with van der Waals surface area (Å²) in [6.45, 7) is 8.93. The van der Waals surface area contributed by atoms with Gasteiger partial charge in [0.2, 0.25) is 0 Å². The molecular weight excluding hydrogens is 743 g/mol. The van der Waals surface area contributed by atoms with Crippen molar-refractivity contribution in [3.8, 4) is 11.4 Å². The lowest BCUT2D eigenvalue weighted by atomic mass is 9.87. The number of halogens is 2. The molecular formula is C44H48F2N8O4. The van der Waals surface area contributed by atoms with Crippen molar-refractivity contribution in [3.05, 3.63) is 149 Å². The Bertz CT molecular complexity index is 2300. The van der Waals surface area contributed by atoms with Crippen molar-refractivity contribution in [2.45, 2.75) is 57.6 Å². The van der Waals surface area contributed by atoms with Crippen molar-refractivity contribution in [1.82, 2.24) is 29.1 Å². The Morgan fingerprint density at radius 2 is 1.55 bits per heavy atom. The van der Waals surface area contributed by atoms with Gasteiger partial charge in [-0.3, -0.25) is 4.57 Å². The molecule has 2 aromatic heterocycles. The van der Waals surface area contributed by atoms with E-state index in [0.717, 1.165) is 67.0 Å². The van der Waals surface area contributed by atoms with E-state index in [-0.39, 0.29) is 30.3 Å². The van der Waals surface area contributed by atoms with Crippen molar-refractivity contribution in [3.63, 3.8) is 0 Å². The number of aromatic nitrogens is 6. The van der Waals surface area contributed by atoms with Crippen molar-refractivity contribution < 1.29 is 23.0 Å². The molecule has 0 N–H and O–H groups in total. The first-order valence-corrected chi connectivity index (χ1v) is 19.9. The summed E-state index contributed by atoms with van der Waals surface area (Å²) in [5.74, 6) is -0.556. The largest absolute Gasteiger partial charge is 0.493 e. The van der Waals surface area contributed by atoms with E-state index in [4.69, 9.17) is 14.2 Å². The first kappa shape index (κ1) is 39.0. The zero-order valence-corrected chi connectivity index (χ0v) is 32.7. The van der Waals surface area contributed by atoms with Crippen LogP contribution >= 0.6 is 0 Å². The third-order valence-electron chi connectivity index (χ3n) is 11.3. The van der Waals surface area contributed by atoms with Crippen LogP contribution in [0.1, 0.15) is 43.9 Å². The molecule has 2 fully saturated rings. The Labute approximate surface area is 336 Å². The topological polar surface area (TPSA) is 105 Å². The molecule has 0 aliphatic carbocycles. The van der Waals surface area contributed by atoms with Crippen LogP contribution in [0, 0.1) is 17.6 Å². The fourth-order valence-corrected chi connectivity index (χ4v) is 8.17. The number of rotatable bonds is 15. The highest BCUT2D eigenvalue weighted by Crippen LogP contribution is 2.42. The minimum absolute atomic E-state index is 0.0132. The Kier molecular flexibility index (Phi) is 11.6. The van der Waals surface area contributed by atoms with Gasteiger partial charge in [0.05, 0.1) is 44.2 Å². The Morgan fingerprint density at radius 1 is 0.862 bits per heavy atom. The zero-order chi connectivity index (χ0) is 40.1. The SMILES string of the molecule is CC[C@@H]([C@H](C)OCc1ccccc1)n1cnn(-c2ccc(N3CCN(c4ccc(OC[C@@H]5CO[C@@](Cn6cncn6)(c6ccc(F)cc6F)C5)cc4)CC3)cc2)c1=O. The molecule has 0 bridgehead atoms. The molecule has 14 heteroatoms. The molecule has 0 radical (unpaired) electrons. The van der Waals surface area contributed by atoms with E-state index in [0.29, 0.717) is 31.8 Å². The van der Waals surface area contributed by atoms with Gasteiger partial charge in [0.15, 0.2) is 0 Å². The third-order valence-corrected chi connectivity index (χ3v) is 11.3. The summed E-state index contributed by atoms with van der Waals surface area (Å²) in [6, 6.07) is 29.6. The number of nitrogens with zero attached hydrogens (tertiary/aromatic N) is 8. The van der Waals surface area contributed by atoms with E-state index in [2.05, 4.69) is 56.2 Å². The van der Waals surface area contributed by atoms with Gasteiger partial charge in [-0.05, 0) is 79.9 Å². The van der Waals surface area contributed by atoms with Gasteiger partial charge in [0.25, 0.3) is 0 Å². The Morgan fingerprint density at radius 3 is 2.21 bits per heavy atom. The van der Waals surface area contributed by atoms with Gasteiger partial charge < -0.3 is 24.0 Å². The van der Waals surface area contributed by atoms with E-state index >= 15 is 4.39 Å². The maximum Gasteiger partial charge on any atom is 0.350 e. The second-order valence-electron chi connectivity index (χ2n) is 15.1. The second-order valence-corrected chi connectivity index (χ2v) is 15.1. The first-order chi connectivity index (χ1) is 28.3. The van der Waals surface area contributed by atoms with Gasteiger partial charge in [0, 0.05) is 55.1 Å². The summed E-state index contributed by atoms with van der Waals surface area (Å²) in [5.41, 5.74) is 3.11. The minimum atomic E-state index is -1.02. The second kappa shape index (κ2) is 17.3. The predicted octanol–water partition coefficient (Wildman–Crippen LogP) is 6.80. The zero-order valence-electron chi connectivity index (χ0n) is 32.7. The smallest absolute Gasteiger partial charge is 0.350 e. The highest BCUT2D eigenvalue weighted by molar-refractivity contribution is 5.54. The fraction of sp³-hybridized carbons (Fsp3) is 0.364. The molecule has 0 amide bonds. The van der Waals surface area contributed by atoms with E-state index in [1.807, 2.05) is 61.5 Å². The van der Waals surface area contributed by atoms with Crippen LogP contribution in [0.25, 0.3) is 5.69 Å². The maximum absolute atomic E-state index is 15.0. The number of anilines is 2. The molecule has 58 heavy (non-hydrogen) atoms. The molecule has 2 aliphatic heterocycles. The average molecular weight is 791 g/mol. The summed E-state index contributed by atoms with van der Waals surface area (Å²) in [7, 11) is 0. The molecule has 2 saturated heterocycles. The minimum Gasteiger partial charge on any atom is -0.493 e. The molecule has 6 aromatic rings. The fourth-order valence-electron chi connectivity index (χ4n) is 8.17. The molecule has 0 spiro atoms. The predicted molar refractivity (Wildman–Crippen MR) is 216 cm³/mol. The number of ether oxygens (including phenoxy) is 3. The average Bonchev–Trinajstić information content (AvgIpc) is 4.02. The van der Waals surface area contributed by atoms with Crippen LogP contribution in [0.5, 0.6) is 5.75 Å². The van der Waals surface area contributed by atoms with E-state index < -0.39 is 17.2 Å². The first-order valence-electron chi connectivity index (χ1n) is 19.9. The number of benzene rings is 4. The summed E-state index contributed by atoms with van der Waals surface area (Å²) < 4.78 is 52.1. The highest BCUT2D eigenvalue weighted by atomic mass is 19.1. The molecule has 4 aromatic carbocycles. The molecule has 4 atom stereocenters. The van der Waals surface area contributed by atoms with Crippen LogP contribution in [0.15, 0.2) is 121 Å². The van der Waals surface area contributed by atoms with Crippen LogP contribution in [-0.4, -0.2) is 74.6 Å². The van der Waals surface area contributed by atoms with Crippen LogP contribution in [-0.2, 0) is 28.2 Å². The molecule has 12 nitrogen and oxygen atoms in total. The highest BCUT2D eigenvalue weighted by Gasteiger charge is 2.44. The number of hydrogen-bond donors (Lipinski definition) is 0. The van der Waals surface area contributed by atoms with Crippen molar-refractivity contribution in [2.24, 2.45) is 5.92 Å². The molecule has 0 unspecified atom stereocenters. The third kappa shape index (κ3) is 8.53. The summed E-state index contributed by atoms with van der Waals surface area (Å²) in [5, 5.41) is 8.66.